The van der Waals surface area contributed by atoms with Crippen molar-refractivity contribution >= 4 is 0 Å². The van der Waals surface area contributed by atoms with Crippen LogP contribution in [0.4, 0.5) is 0 Å². The van der Waals surface area contributed by atoms with Crippen molar-refractivity contribution in [3.63, 3.8) is 0 Å². The van der Waals surface area contributed by atoms with Gasteiger partial charge in [-0.2, -0.15) is 0 Å². The lowest BCUT2D eigenvalue weighted by Crippen LogP contribution is -2.11. The molecule has 1 saturated carbocycles. The Morgan fingerprint density at radius 2 is 1.38 bits per heavy atom. The fraction of sp³-hybridized carbons (Fsp3) is 0.333. The predicted molar refractivity (Wildman–Crippen MR) is 79.9 cm³/mol. The van der Waals surface area contributed by atoms with Crippen LogP contribution in [-0.2, 0) is 4.74 Å². The number of aliphatic hydroxyl groups excluding tert-OH is 1. The molecule has 21 heavy (non-hydrogen) atoms. The van der Waals surface area contributed by atoms with E-state index in [0.717, 1.165) is 29.5 Å². The molecule has 4 rings (SSSR count). The summed E-state index contributed by atoms with van der Waals surface area (Å²) in [6.07, 6.45) is 2.37. The highest BCUT2D eigenvalue weighted by molar-refractivity contribution is 5.64. The number of ether oxygens (including phenoxy) is 1. The second-order valence-corrected chi connectivity index (χ2v) is 6.06. The number of aliphatic hydroxyl groups is 1. The molecule has 2 fully saturated rings. The molecule has 0 bridgehead atoms. The van der Waals surface area contributed by atoms with Gasteiger partial charge in [0.1, 0.15) is 5.75 Å². The third-order valence-electron chi connectivity index (χ3n) is 4.66. The number of phenolic OH excluding ortho intramolecular Hbond substituents is 1. The van der Waals surface area contributed by atoms with E-state index >= 15 is 0 Å². The van der Waals surface area contributed by atoms with Crippen LogP contribution in [0.25, 0.3) is 11.1 Å². The minimum atomic E-state index is -0.393. The van der Waals surface area contributed by atoms with Crippen molar-refractivity contribution in [2.45, 2.75) is 31.2 Å². The minimum Gasteiger partial charge on any atom is -0.508 e. The fourth-order valence-electron chi connectivity index (χ4n) is 3.34. The van der Waals surface area contributed by atoms with E-state index in [1.807, 2.05) is 36.4 Å². The highest BCUT2D eigenvalue weighted by Gasteiger charge is 2.49. The largest absolute Gasteiger partial charge is 0.508 e. The Hall–Kier alpha value is -1.84. The molecule has 3 heteroatoms. The van der Waals surface area contributed by atoms with Crippen LogP contribution >= 0.6 is 0 Å². The predicted octanol–water partition coefficient (Wildman–Crippen LogP) is 3.27. The van der Waals surface area contributed by atoms with Gasteiger partial charge in [-0.05, 0) is 47.6 Å². The molecule has 1 saturated heterocycles. The maximum atomic E-state index is 10.5. The highest BCUT2D eigenvalue weighted by Crippen LogP contribution is 2.47. The minimum absolute atomic E-state index is 0.271. The summed E-state index contributed by atoms with van der Waals surface area (Å²) in [5.41, 5.74) is 3.12. The molecule has 108 valence electrons. The number of aromatic hydroxyl groups is 1. The first-order valence-electron chi connectivity index (χ1n) is 7.43. The van der Waals surface area contributed by atoms with Crippen LogP contribution in [0.2, 0.25) is 0 Å². The maximum Gasteiger partial charge on any atom is 0.115 e. The van der Waals surface area contributed by atoms with Crippen LogP contribution < -0.4 is 0 Å². The van der Waals surface area contributed by atoms with E-state index in [0.29, 0.717) is 18.1 Å². The van der Waals surface area contributed by atoms with Gasteiger partial charge in [0.2, 0.25) is 0 Å². The Kier molecular flexibility index (Phi) is 2.98. The molecule has 2 aliphatic rings. The van der Waals surface area contributed by atoms with Gasteiger partial charge in [0.25, 0.3) is 0 Å². The fourth-order valence-corrected chi connectivity index (χ4v) is 3.34. The van der Waals surface area contributed by atoms with E-state index in [1.165, 1.54) is 0 Å². The molecular formula is C18H18O3. The van der Waals surface area contributed by atoms with Crippen molar-refractivity contribution in [2.24, 2.45) is 5.92 Å². The first-order chi connectivity index (χ1) is 10.2. The SMILES string of the molecule is Oc1ccc(-c2ccc([C@@H](O)C3C[C@@H]4O[C@@H]4C3)cc2)cc1. The first kappa shape index (κ1) is 12.9. The highest BCUT2D eigenvalue weighted by atomic mass is 16.6. The summed E-state index contributed by atoms with van der Waals surface area (Å²) in [6.45, 7) is 0. The van der Waals surface area contributed by atoms with E-state index in [1.54, 1.807) is 12.1 Å². The molecule has 2 aromatic carbocycles. The number of hydrogen-bond acceptors (Lipinski definition) is 3. The molecule has 3 nitrogen and oxygen atoms in total. The Bertz CT molecular complexity index is 623. The van der Waals surface area contributed by atoms with Crippen LogP contribution in [-0.4, -0.2) is 22.4 Å². The van der Waals surface area contributed by atoms with Gasteiger partial charge in [-0.3, -0.25) is 0 Å². The molecule has 1 aliphatic heterocycles. The number of phenols is 1. The topological polar surface area (TPSA) is 53.0 Å². The van der Waals surface area contributed by atoms with Crippen molar-refractivity contribution in [1.29, 1.82) is 0 Å². The first-order valence-corrected chi connectivity index (χ1v) is 7.43. The maximum absolute atomic E-state index is 10.5. The summed E-state index contributed by atoms with van der Waals surface area (Å²) in [5.74, 6) is 0.598. The molecule has 2 N–H and O–H groups in total. The summed E-state index contributed by atoms with van der Waals surface area (Å²) < 4.78 is 5.42. The lowest BCUT2D eigenvalue weighted by Gasteiger charge is -2.19. The lowest BCUT2D eigenvalue weighted by molar-refractivity contribution is 0.0866. The number of rotatable bonds is 3. The van der Waals surface area contributed by atoms with Gasteiger partial charge in [-0.25, -0.2) is 0 Å². The zero-order valence-corrected chi connectivity index (χ0v) is 11.6. The van der Waals surface area contributed by atoms with Gasteiger partial charge in [0, 0.05) is 0 Å². The Morgan fingerprint density at radius 3 is 1.95 bits per heavy atom. The van der Waals surface area contributed by atoms with Crippen molar-refractivity contribution in [3.8, 4) is 16.9 Å². The van der Waals surface area contributed by atoms with E-state index < -0.39 is 6.10 Å². The molecule has 1 unspecified atom stereocenters. The van der Waals surface area contributed by atoms with Crippen LogP contribution in [0.1, 0.15) is 24.5 Å². The van der Waals surface area contributed by atoms with Crippen molar-refractivity contribution in [1.82, 2.24) is 0 Å². The lowest BCUT2D eigenvalue weighted by atomic mass is 9.92. The summed E-state index contributed by atoms with van der Waals surface area (Å²) in [5, 5.41) is 19.8. The summed E-state index contributed by atoms with van der Waals surface area (Å²) >= 11 is 0. The second-order valence-electron chi connectivity index (χ2n) is 6.06. The van der Waals surface area contributed by atoms with Gasteiger partial charge in [-0.15, -0.1) is 0 Å². The molecule has 2 aromatic rings. The van der Waals surface area contributed by atoms with E-state index in [-0.39, 0.29) is 5.75 Å². The monoisotopic (exact) mass is 282 g/mol. The standard InChI is InChI=1S/C18H18O3/c19-15-7-5-12(6-8-15)11-1-3-13(4-2-11)18(20)14-9-16-17(10-14)21-16/h1-8,14,16-20H,9-10H2/t14?,16-,17+,18-/m1/s1. The molecule has 0 spiro atoms. The number of benzene rings is 2. The molecule has 1 aliphatic carbocycles. The average Bonchev–Trinajstić information content (AvgIpc) is 3.13. The summed E-state index contributed by atoms with van der Waals surface area (Å²) in [7, 11) is 0. The van der Waals surface area contributed by atoms with Crippen LogP contribution in [0.15, 0.2) is 48.5 Å². The van der Waals surface area contributed by atoms with E-state index in [2.05, 4.69) is 0 Å². The Balaban J connectivity index is 1.51. The number of epoxide rings is 1. The average molecular weight is 282 g/mol. The number of fused-ring (bicyclic) bond motifs is 1. The van der Waals surface area contributed by atoms with Gasteiger partial charge in [-0.1, -0.05) is 36.4 Å². The third kappa shape index (κ3) is 2.43. The summed E-state index contributed by atoms with van der Waals surface area (Å²) in [6, 6.07) is 15.2. The van der Waals surface area contributed by atoms with Crippen LogP contribution in [0, 0.1) is 5.92 Å². The normalized spacial score (nSPS) is 28.1. The Labute approximate surface area is 123 Å². The third-order valence-corrected chi connectivity index (χ3v) is 4.66. The van der Waals surface area contributed by atoms with E-state index in [9.17, 15) is 10.2 Å². The Morgan fingerprint density at radius 1 is 0.857 bits per heavy atom. The molecule has 0 radical (unpaired) electrons. The van der Waals surface area contributed by atoms with Crippen molar-refractivity contribution in [3.05, 3.63) is 54.1 Å². The second kappa shape index (κ2) is 4.86. The smallest absolute Gasteiger partial charge is 0.115 e. The number of hydrogen-bond donors (Lipinski definition) is 2. The molecule has 1 heterocycles. The zero-order chi connectivity index (χ0) is 14.4. The molecule has 0 amide bonds. The molecule has 0 aromatic heterocycles. The quantitative estimate of drug-likeness (QED) is 0.849. The molecule has 4 atom stereocenters. The van der Waals surface area contributed by atoms with Crippen LogP contribution in [0.5, 0.6) is 5.75 Å². The van der Waals surface area contributed by atoms with E-state index in [4.69, 9.17) is 4.74 Å². The molecular weight excluding hydrogens is 264 g/mol. The van der Waals surface area contributed by atoms with Crippen molar-refractivity contribution < 1.29 is 14.9 Å². The van der Waals surface area contributed by atoms with Gasteiger partial charge in [0.05, 0.1) is 18.3 Å². The van der Waals surface area contributed by atoms with Gasteiger partial charge >= 0.3 is 0 Å². The van der Waals surface area contributed by atoms with Crippen LogP contribution in [0.3, 0.4) is 0 Å². The van der Waals surface area contributed by atoms with Gasteiger partial charge < -0.3 is 14.9 Å². The van der Waals surface area contributed by atoms with Crippen molar-refractivity contribution in [2.75, 3.05) is 0 Å². The zero-order valence-electron chi connectivity index (χ0n) is 11.6. The summed E-state index contributed by atoms with van der Waals surface area (Å²) in [4.78, 5) is 0. The van der Waals surface area contributed by atoms with Gasteiger partial charge in [0.15, 0.2) is 0 Å².